The van der Waals surface area contributed by atoms with E-state index in [4.69, 9.17) is 9.47 Å². The topological polar surface area (TPSA) is 79.3 Å². The van der Waals surface area contributed by atoms with Crippen LogP contribution in [-0.4, -0.2) is 67.0 Å². The van der Waals surface area contributed by atoms with E-state index >= 15 is 0 Å². The van der Waals surface area contributed by atoms with Crippen LogP contribution in [0.15, 0.2) is 73.3 Å². The van der Waals surface area contributed by atoms with Crippen LogP contribution in [0.25, 0.3) is 5.76 Å². The number of carbonyl (C=O) groups is 2. The number of ketones is 1. The van der Waals surface area contributed by atoms with Gasteiger partial charge in [0, 0.05) is 12.1 Å². The Bertz CT molecular complexity index is 1150. The number of rotatable bonds is 12. The van der Waals surface area contributed by atoms with Gasteiger partial charge in [0.1, 0.15) is 30.5 Å². The monoisotopic (exact) mass is 490 g/mol. The van der Waals surface area contributed by atoms with Crippen LogP contribution < -0.4 is 9.47 Å². The molecule has 0 spiro atoms. The van der Waals surface area contributed by atoms with Crippen molar-refractivity contribution in [3.8, 4) is 11.5 Å². The summed E-state index contributed by atoms with van der Waals surface area (Å²) in [7, 11) is 3.91. The smallest absolute Gasteiger partial charge is 0.295 e. The highest BCUT2D eigenvalue weighted by molar-refractivity contribution is 6.46. The van der Waals surface area contributed by atoms with Gasteiger partial charge in [0.2, 0.25) is 0 Å². The first kappa shape index (κ1) is 26.8. The van der Waals surface area contributed by atoms with Crippen molar-refractivity contribution in [1.29, 1.82) is 0 Å². The number of carbonyl (C=O) groups excluding carboxylic acids is 2. The van der Waals surface area contributed by atoms with Gasteiger partial charge in [0.25, 0.3) is 11.7 Å². The first-order valence-electron chi connectivity index (χ1n) is 11.9. The first-order chi connectivity index (χ1) is 17.3. The highest BCUT2D eigenvalue weighted by Crippen LogP contribution is 2.40. The number of aliphatic hydroxyl groups excluding tert-OH is 1. The van der Waals surface area contributed by atoms with Crippen LogP contribution in [0, 0.1) is 6.92 Å². The number of hydrogen-bond acceptors (Lipinski definition) is 6. The van der Waals surface area contributed by atoms with Gasteiger partial charge in [0.05, 0.1) is 11.6 Å². The molecule has 7 nitrogen and oxygen atoms in total. The van der Waals surface area contributed by atoms with Gasteiger partial charge >= 0.3 is 0 Å². The normalized spacial score (nSPS) is 16.9. The van der Waals surface area contributed by atoms with E-state index in [-0.39, 0.29) is 11.3 Å². The predicted octanol–water partition coefficient (Wildman–Crippen LogP) is 4.50. The molecule has 36 heavy (non-hydrogen) atoms. The maximum absolute atomic E-state index is 13.2. The summed E-state index contributed by atoms with van der Waals surface area (Å²) >= 11 is 0. The third kappa shape index (κ3) is 6.04. The Morgan fingerprint density at radius 3 is 2.22 bits per heavy atom. The zero-order valence-electron chi connectivity index (χ0n) is 21.2. The molecule has 0 aromatic heterocycles. The minimum Gasteiger partial charge on any atom is -0.507 e. The number of amides is 1. The van der Waals surface area contributed by atoms with E-state index in [0.717, 1.165) is 17.7 Å². The Balaban J connectivity index is 2.05. The van der Waals surface area contributed by atoms with E-state index in [1.54, 1.807) is 47.4 Å². The third-order valence-electron chi connectivity index (χ3n) is 5.93. The Labute approximate surface area is 212 Å². The van der Waals surface area contributed by atoms with Crippen LogP contribution in [0.4, 0.5) is 0 Å². The summed E-state index contributed by atoms with van der Waals surface area (Å²) in [5, 5.41) is 11.4. The third-order valence-corrected chi connectivity index (χ3v) is 5.93. The number of ether oxygens (including phenoxy) is 2. The van der Waals surface area contributed by atoms with Crippen molar-refractivity contribution >= 4 is 17.4 Å². The van der Waals surface area contributed by atoms with Crippen molar-refractivity contribution in [2.45, 2.75) is 19.4 Å². The highest BCUT2D eigenvalue weighted by atomic mass is 16.5. The molecular formula is C29H34N2O5. The lowest BCUT2D eigenvalue weighted by Gasteiger charge is -2.26. The summed E-state index contributed by atoms with van der Waals surface area (Å²) in [5.41, 5.74) is 1.99. The fraction of sp³-hybridized carbons (Fsp3) is 0.310. The van der Waals surface area contributed by atoms with Crippen molar-refractivity contribution in [2.24, 2.45) is 0 Å². The van der Waals surface area contributed by atoms with Crippen molar-refractivity contribution in [2.75, 3.05) is 40.4 Å². The summed E-state index contributed by atoms with van der Waals surface area (Å²) in [5.74, 6) is -0.237. The van der Waals surface area contributed by atoms with E-state index in [1.807, 2.05) is 38.1 Å². The summed E-state index contributed by atoms with van der Waals surface area (Å²) in [6, 6.07) is 11.7. The van der Waals surface area contributed by atoms with Crippen LogP contribution in [0.2, 0.25) is 0 Å². The molecule has 1 N–H and O–H groups in total. The molecule has 0 radical (unpaired) electrons. The number of benzene rings is 2. The standard InChI is InChI=1S/C29H34N2O5/c1-6-17-35-22-11-9-21(10-12-22)26-25(28(33)29(34)31(26)16-8-15-30(4)5)27(32)24-14-13-23(19-20(24)3)36-18-7-2/h6-7,9-14,19,26,32H,1-2,8,15-18H2,3-5H3/b27-25+. The molecule has 7 heteroatoms. The maximum atomic E-state index is 13.2. The van der Waals surface area contributed by atoms with Gasteiger partial charge in [0.15, 0.2) is 0 Å². The Morgan fingerprint density at radius 2 is 1.64 bits per heavy atom. The second-order valence-electron chi connectivity index (χ2n) is 8.89. The molecule has 1 aliphatic rings. The summed E-state index contributed by atoms with van der Waals surface area (Å²) < 4.78 is 11.2. The van der Waals surface area contributed by atoms with Crippen molar-refractivity contribution in [1.82, 2.24) is 9.80 Å². The molecule has 1 unspecified atom stereocenters. The molecule has 0 bridgehead atoms. The number of aryl methyl sites for hydroxylation is 1. The Morgan fingerprint density at radius 1 is 1.03 bits per heavy atom. The average molecular weight is 491 g/mol. The number of likely N-dealkylation sites (tertiary alicyclic amines) is 1. The molecule has 1 aliphatic heterocycles. The van der Waals surface area contributed by atoms with Crippen LogP contribution in [-0.2, 0) is 9.59 Å². The van der Waals surface area contributed by atoms with Gasteiger partial charge in [-0.25, -0.2) is 0 Å². The van der Waals surface area contributed by atoms with Gasteiger partial charge in [-0.05, 0) is 75.4 Å². The molecule has 190 valence electrons. The summed E-state index contributed by atoms with van der Waals surface area (Å²) in [6.07, 6.45) is 3.99. The molecule has 1 saturated heterocycles. The largest absolute Gasteiger partial charge is 0.507 e. The van der Waals surface area contributed by atoms with Gasteiger partial charge in [-0.1, -0.05) is 37.4 Å². The SMILES string of the molecule is C=CCOc1ccc(C2/C(=C(\O)c3ccc(OCC=C)cc3C)C(=O)C(=O)N2CCCN(C)C)cc1. The zero-order valence-corrected chi connectivity index (χ0v) is 21.2. The minimum atomic E-state index is -0.711. The molecule has 0 saturated carbocycles. The van der Waals surface area contributed by atoms with Gasteiger partial charge in [-0.2, -0.15) is 0 Å². The molecular weight excluding hydrogens is 456 g/mol. The van der Waals surface area contributed by atoms with Gasteiger partial charge < -0.3 is 24.4 Å². The van der Waals surface area contributed by atoms with Crippen molar-refractivity contribution < 1.29 is 24.2 Å². The van der Waals surface area contributed by atoms with Crippen molar-refractivity contribution in [3.05, 3.63) is 90.0 Å². The zero-order chi connectivity index (χ0) is 26.2. The lowest BCUT2D eigenvalue weighted by molar-refractivity contribution is -0.139. The molecule has 3 rings (SSSR count). The molecule has 1 atom stereocenters. The Kier molecular flexibility index (Phi) is 9.08. The quantitative estimate of drug-likeness (QED) is 0.204. The summed E-state index contributed by atoms with van der Waals surface area (Å²) in [6.45, 7) is 11.0. The number of aliphatic hydroxyl groups is 1. The second-order valence-corrected chi connectivity index (χ2v) is 8.89. The Hall–Kier alpha value is -3.84. The van der Waals surface area contributed by atoms with E-state index in [1.165, 1.54) is 0 Å². The molecule has 0 aliphatic carbocycles. The van der Waals surface area contributed by atoms with E-state index in [0.29, 0.717) is 43.2 Å². The van der Waals surface area contributed by atoms with Crippen LogP contribution >= 0.6 is 0 Å². The van der Waals surface area contributed by atoms with E-state index < -0.39 is 17.7 Å². The van der Waals surface area contributed by atoms with Crippen LogP contribution in [0.1, 0.15) is 29.2 Å². The molecule has 1 fully saturated rings. The molecule has 2 aromatic rings. The molecule has 2 aromatic carbocycles. The lowest BCUT2D eigenvalue weighted by atomic mass is 9.93. The number of nitrogens with zero attached hydrogens (tertiary/aromatic N) is 2. The van der Waals surface area contributed by atoms with E-state index in [9.17, 15) is 14.7 Å². The van der Waals surface area contributed by atoms with Crippen LogP contribution in [0.5, 0.6) is 11.5 Å². The van der Waals surface area contributed by atoms with Gasteiger partial charge in [-0.15, -0.1) is 0 Å². The van der Waals surface area contributed by atoms with Gasteiger partial charge in [-0.3, -0.25) is 9.59 Å². The fourth-order valence-corrected chi connectivity index (χ4v) is 4.21. The van der Waals surface area contributed by atoms with Crippen molar-refractivity contribution in [3.63, 3.8) is 0 Å². The van der Waals surface area contributed by atoms with Crippen LogP contribution in [0.3, 0.4) is 0 Å². The second kappa shape index (κ2) is 12.2. The predicted molar refractivity (Wildman–Crippen MR) is 141 cm³/mol. The molecule has 1 heterocycles. The molecule has 1 amide bonds. The first-order valence-corrected chi connectivity index (χ1v) is 11.9. The lowest BCUT2D eigenvalue weighted by Crippen LogP contribution is -2.32. The summed E-state index contributed by atoms with van der Waals surface area (Å²) in [4.78, 5) is 30.0. The number of hydrogen-bond donors (Lipinski definition) is 1. The highest BCUT2D eigenvalue weighted by Gasteiger charge is 2.45. The van der Waals surface area contributed by atoms with E-state index in [2.05, 4.69) is 13.2 Å². The fourth-order valence-electron chi connectivity index (χ4n) is 4.21. The minimum absolute atomic E-state index is 0.0764. The maximum Gasteiger partial charge on any atom is 0.295 e. The average Bonchev–Trinajstić information content (AvgIpc) is 3.11. The number of Topliss-reactive ketones (excluding diaryl/α,β-unsaturated/α-hetero) is 1.